The summed E-state index contributed by atoms with van der Waals surface area (Å²) in [6.07, 6.45) is 1.23. The Kier molecular flexibility index (Phi) is 7.25. The second-order valence-electron chi connectivity index (χ2n) is 7.30. The quantitative estimate of drug-likeness (QED) is 0.789. The number of carbonyl (C=O) groups is 1. The van der Waals surface area contributed by atoms with Gasteiger partial charge in [-0.25, -0.2) is 14.8 Å². The van der Waals surface area contributed by atoms with Crippen LogP contribution in [0, 0.1) is 5.92 Å². The number of morpholine rings is 1. The summed E-state index contributed by atoms with van der Waals surface area (Å²) in [6, 6.07) is 2.25. The average molecular weight is 418 g/mol. The van der Waals surface area contributed by atoms with E-state index in [0.717, 1.165) is 51.3 Å². The molecule has 29 heavy (non-hydrogen) atoms. The maximum atomic E-state index is 10.6. The fourth-order valence-corrected chi connectivity index (χ4v) is 3.90. The van der Waals surface area contributed by atoms with E-state index in [1.807, 2.05) is 18.5 Å². The van der Waals surface area contributed by atoms with Gasteiger partial charge >= 0.3 is 12.1 Å². The molecule has 162 valence electrons. The van der Waals surface area contributed by atoms with Gasteiger partial charge in [0.2, 0.25) is 5.95 Å². The van der Waals surface area contributed by atoms with Crippen molar-refractivity contribution in [3.8, 4) is 0 Å². The Morgan fingerprint density at radius 3 is 2.45 bits per heavy atom. The van der Waals surface area contributed by atoms with Crippen molar-refractivity contribution in [2.75, 3.05) is 50.9 Å². The first-order valence-corrected chi connectivity index (χ1v) is 9.60. The number of nitrogens with zero attached hydrogens (tertiary/aromatic N) is 4. The highest BCUT2D eigenvalue weighted by molar-refractivity contribution is 5.73. The van der Waals surface area contributed by atoms with Crippen LogP contribution in [0.2, 0.25) is 0 Å². The molecule has 3 aliphatic heterocycles. The molecule has 0 radical (unpaired) electrons. The molecule has 0 amide bonds. The molecular formula is C18H25F3N4O4. The van der Waals surface area contributed by atoms with Crippen LogP contribution < -0.4 is 4.90 Å². The first-order valence-electron chi connectivity index (χ1n) is 9.60. The Labute approximate surface area is 166 Å². The van der Waals surface area contributed by atoms with Gasteiger partial charge in [0.05, 0.1) is 18.8 Å². The number of rotatable bonds is 3. The zero-order valence-corrected chi connectivity index (χ0v) is 15.9. The molecular weight excluding hydrogens is 393 g/mol. The fourth-order valence-electron chi connectivity index (χ4n) is 3.90. The van der Waals surface area contributed by atoms with Crippen LogP contribution in [0.25, 0.3) is 0 Å². The fraction of sp³-hybridized carbons (Fsp3) is 0.722. The van der Waals surface area contributed by atoms with Crippen LogP contribution in [-0.4, -0.2) is 90.3 Å². The minimum absolute atomic E-state index is 0.289. The molecule has 3 aliphatic rings. The van der Waals surface area contributed by atoms with Crippen molar-refractivity contribution >= 4 is 11.9 Å². The zero-order chi connectivity index (χ0) is 20.9. The van der Waals surface area contributed by atoms with Crippen molar-refractivity contribution in [3.63, 3.8) is 0 Å². The predicted molar refractivity (Wildman–Crippen MR) is 96.6 cm³/mol. The highest BCUT2D eigenvalue weighted by Crippen LogP contribution is 2.27. The number of hydrogen-bond donors (Lipinski definition) is 1. The molecule has 0 unspecified atom stereocenters. The number of carboxylic acid groups (broad SMARTS) is 1. The third kappa shape index (κ3) is 6.00. The summed E-state index contributed by atoms with van der Waals surface area (Å²) < 4.78 is 43.2. The number of hydrogen-bond acceptors (Lipinski definition) is 7. The Balaban J connectivity index is 0.000000298. The van der Waals surface area contributed by atoms with Crippen LogP contribution >= 0.6 is 0 Å². The number of alkyl halides is 3. The van der Waals surface area contributed by atoms with Crippen molar-refractivity contribution in [2.45, 2.75) is 31.2 Å². The molecule has 1 N–H and O–H groups in total. The van der Waals surface area contributed by atoms with E-state index in [9.17, 15) is 13.2 Å². The molecule has 0 aromatic carbocycles. The number of carboxylic acids is 1. The van der Waals surface area contributed by atoms with Gasteiger partial charge in [0.15, 0.2) is 0 Å². The SMILES string of the molecule is O=C(O)C(F)(F)F.c1cnc(N2CCO[C@H]3CN(CC4CCOCC4)C[C@H]32)nc1. The van der Waals surface area contributed by atoms with E-state index in [1.165, 1.54) is 19.4 Å². The molecule has 0 spiro atoms. The van der Waals surface area contributed by atoms with E-state index in [1.54, 1.807) is 0 Å². The second-order valence-corrected chi connectivity index (χ2v) is 7.30. The summed E-state index contributed by atoms with van der Waals surface area (Å²) in [7, 11) is 0. The molecule has 2 atom stereocenters. The van der Waals surface area contributed by atoms with Crippen molar-refractivity contribution in [3.05, 3.63) is 18.5 Å². The predicted octanol–water partition coefficient (Wildman–Crippen LogP) is 1.43. The van der Waals surface area contributed by atoms with E-state index >= 15 is 0 Å². The van der Waals surface area contributed by atoms with Gasteiger partial charge in [-0.1, -0.05) is 0 Å². The molecule has 1 aromatic heterocycles. The number of fused-ring (bicyclic) bond motifs is 1. The number of ether oxygens (including phenoxy) is 2. The maximum Gasteiger partial charge on any atom is 0.490 e. The molecule has 1 aromatic rings. The van der Waals surface area contributed by atoms with Crippen LogP contribution in [0.4, 0.5) is 19.1 Å². The van der Waals surface area contributed by atoms with Crippen LogP contribution in [0.3, 0.4) is 0 Å². The third-order valence-corrected chi connectivity index (χ3v) is 5.29. The molecule has 0 saturated carbocycles. The molecule has 0 bridgehead atoms. The van der Waals surface area contributed by atoms with Crippen LogP contribution in [-0.2, 0) is 14.3 Å². The Hall–Kier alpha value is -1.98. The summed E-state index contributed by atoms with van der Waals surface area (Å²) in [5, 5.41) is 7.12. The number of aromatic nitrogens is 2. The lowest BCUT2D eigenvalue weighted by atomic mass is 10.00. The summed E-state index contributed by atoms with van der Waals surface area (Å²) in [4.78, 5) is 22.6. The van der Waals surface area contributed by atoms with Crippen molar-refractivity contribution in [1.82, 2.24) is 14.9 Å². The van der Waals surface area contributed by atoms with E-state index in [4.69, 9.17) is 19.4 Å². The van der Waals surface area contributed by atoms with Crippen LogP contribution in [0.15, 0.2) is 18.5 Å². The standard InChI is InChI=1S/C16H24N4O2.C2HF3O2/c1-4-17-16(18-5-1)20-6-9-22-15-12-19(11-14(15)20)10-13-2-7-21-8-3-13;3-2(4,5)1(6)7/h1,4-5,13-15H,2-3,6-12H2;(H,6,7)/t14-,15+;/m1./s1. The minimum Gasteiger partial charge on any atom is -0.475 e. The first kappa shape index (κ1) is 21.7. The molecule has 3 fully saturated rings. The molecule has 4 rings (SSSR count). The van der Waals surface area contributed by atoms with Gasteiger partial charge in [0, 0.05) is 51.8 Å². The van der Waals surface area contributed by atoms with Crippen molar-refractivity contribution in [1.29, 1.82) is 0 Å². The lowest BCUT2D eigenvalue weighted by Crippen LogP contribution is -2.51. The van der Waals surface area contributed by atoms with Gasteiger partial charge < -0.3 is 19.5 Å². The summed E-state index contributed by atoms with van der Waals surface area (Å²) >= 11 is 0. The minimum atomic E-state index is -5.08. The van der Waals surface area contributed by atoms with Gasteiger partial charge in [0.25, 0.3) is 0 Å². The maximum absolute atomic E-state index is 10.6. The van der Waals surface area contributed by atoms with Crippen LogP contribution in [0.5, 0.6) is 0 Å². The Bertz CT molecular complexity index is 658. The smallest absolute Gasteiger partial charge is 0.475 e. The molecule has 8 nitrogen and oxygen atoms in total. The Morgan fingerprint density at radius 1 is 1.17 bits per heavy atom. The van der Waals surface area contributed by atoms with E-state index < -0.39 is 12.1 Å². The van der Waals surface area contributed by atoms with Crippen LogP contribution in [0.1, 0.15) is 12.8 Å². The first-order chi connectivity index (χ1) is 13.8. The Morgan fingerprint density at radius 2 is 1.83 bits per heavy atom. The number of anilines is 1. The topological polar surface area (TPSA) is 88.0 Å². The lowest BCUT2D eigenvalue weighted by molar-refractivity contribution is -0.192. The highest BCUT2D eigenvalue weighted by atomic mass is 19.4. The van der Waals surface area contributed by atoms with Gasteiger partial charge in [-0.2, -0.15) is 13.2 Å². The number of likely N-dealkylation sites (tertiary alicyclic amines) is 1. The van der Waals surface area contributed by atoms with E-state index in [2.05, 4.69) is 19.8 Å². The lowest BCUT2D eigenvalue weighted by Gasteiger charge is -2.36. The van der Waals surface area contributed by atoms with Gasteiger partial charge in [-0.3, -0.25) is 4.90 Å². The summed E-state index contributed by atoms with van der Waals surface area (Å²) in [5.41, 5.74) is 0. The van der Waals surface area contributed by atoms with Gasteiger partial charge in [0.1, 0.15) is 0 Å². The van der Waals surface area contributed by atoms with Crippen molar-refractivity contribution in [2.24, 2.45) is 5.92 Å². The largest absolute Gasteiger partial charge is 0.490 e. The normalized spacial score (nSPS) is 25.8. The number of halogens is 3. The second kappa shape index (κ2) is 9.68. The summed E-state index contributed by atoms with van der Waals surface area (Å²) in [6.45, 7) is 6.76. The average Bonchev–Trinajstić information content (AvgIpc) is 3.11. The molecule has 3 saturated heterocycles. The zero-order valence-electron chi connectivity index (χ0n) is 15.9. The molecule has 0 aliphatic carbocycles. The molecule has 4 heterocycles. The third-order valence-electron chi connectivity index (χ3n) is 5.29. The molecule has 11 heteroatoms. The summed E-state index contributed by atoms with van der Waals surface area (Å²) in [5.74, 6) is -1.14. The van der Waals surface area contributed by atoms with E-state index in [0.29, 0.717) is 6.04 Å². The number of aliphatic carboxylic acids is 1. The van der Waals surface area contributed by atoms with Gasteiger partial charge in [-0.05, 0) is 24.8 Å². The van der Waals surface area contributed by atoms with Gasteiger partial charge in [-0.15, -0.1) is 0 Å². The van der Waals surface area contributed by atoms with E-state index in [-0.39, 0.29) is 6.10 Å². The van der Waals surface area contributed by atoms with Crippen molar-refractivity contribution < 1.29 is 32.5 Å². The highest BCUT2D eigenvalue weighted by Gasteiger charge is 2.41. The monoisotopic (exact) mass is 418 g/mol.